The van der Waals surface area contributed by atoms with E-state index in [9.17, 15) is 9.59 Å². The third-order valence-electron chi connectivity index (χ3n) is 5.11. The van der Waals surface area contributed by atoms with E-state index in [1.54, 1.807) is 15.3 Å². The van der Waals surface area contributed by atoms with Crippen LogP contribution in [0.4, 0.5) is 10.9 Å². The fourth-order valence-corrected chi connectivity index (χ4v) is 4.01. The van der Waals surface area contributed by atoms with Crippen LogP contribution in [0.1, 0.15) is 37.5 Å². The average molecular weight is 417 g/mol. The standard InChI is InChI=1S/C19H24N6O3S/c26-17-7-2-1-3-8-24(17)12-18(27)25-9-10-28-15(11-25)14-5-4-6-16(21-14)22-19-23-20-13-29-19/h4-6,13,15H,1-3,7-12H2,(H,21,22,23)/t15-/m1/s1. The van der Waals surface area contributed by atoms with Crippen molar-refractivity contribution in [3.8, 4) is 0 Å². The number of nitrogens with one attached hydrogen (secondary N) is 1. The zero-order valence-electron chi connectivity index (χ0n) is 16.1. The molecule has 2 fully saturated rings. The minimum Gasteiger partial charge on any atom is -0.368 e. The van der Waals surface area contributed by atoms with E-state index < -0.39 is 0 Å². The van der Waals surface area contributed by atoms with Crippen molar-refractivity contribution >= 4 is 34.1 Å². The quantitative estimate of drug-likeness (QED) is 0.795. The van der Waals surface area contributed by atoms with E-state index in [4.69, 9.17) is 4.74 Å². The summed E-state index contributed by atoms with van der Waals surface area (Å²) in [7, 11) is 0. The Morgan fingerprint density at radius 2 is 2.21 bits per heavy atom. The first-order valence-electron chi connectivity index (χ1n) is 9.86. The van der Waals surface area contributed by atoms with E-state index in [2.05, 4.69) is 20.5 Å². The van der Waals surface area contributed by atoms with Gasteiger partial charge < -0.3 is 19.9 Å². The highest BCUT2D eigenvalue weighted by atomic mass is 32.1. The second-order valence-electron chi connectivity index (χ2n) is 7.14. The molecule has 2 saturated heterocycles. The van der Waals surface area contributed by atoms with E-state index >= 15 is 0 Å². The van der Waals surface area contributed by atoms with Crippen molar-refractivity contribution < 1.29 is 14.3 Å². The maximum absolute atomic E-state index is 12.8. The van der Waals surface area contributed by atoms with Gasteiger partial charge in [-0.2, -0.15) is 0 Å². The summed E-state index contributed by atoms with van der Waals surface area (Å²) in [4.78, 5) is 33.1. The summed E-state index contributed by atoms with van der Waals surface area (Å²) >= 11 is 1.39. The SMILES string of the molecule is O=C1CCCCCN1CC(=O)N1CCO[C@@H](c2cccc(Nc3nncs3)n2)C1. The van der Waals surface area contributed by atoms with Gasteiger partial charge in [0.2, 0.25) is 16.9 Å². The summed E-state index contributed by atoms with van der Waals surface area (Å²) in [6, 6.07) is 5.63. The van der Waals surface area contributed by atoms with Gasteiger partial charge in [0.25, 0.3) is 0 Å². The minimum absolute atomic E-state index is 0.0308. The van der Waals surface area contributed by atoms with Crippen molar-refractivity contribution in [3.63, 3.8) is 0 Å². The van der Waals surface area contributed by atoms with Gasteiger partial charge in [0.1, 0.15) is 17.4 Å². The molecule has 0 aliphatic carbocycles. The van der Waals surface area contributed by atoms with Gasteiger partial charge in [0.15, 0.2) is 0 Å². The first-order valence-corrected chi connectivity index (χ1v) is 10.7. The number of aromatic nitrogens is 3. The molecule has 1 atom stereocenters. The topological polar surface area (TPSA) is 101 Å². The lowest BCUT2D eigenvalue weighted by molar-refractivity contribution is -0.145. The Bertz CT molecular complexity index is 846. The smallest absolute Gasteiger partial charge is 0.242 e. The van der Waals surface area contributed by atoms with Gasteiger partial charge in [-0.25, -0.2) is 4.98 Å². The third-order valence-corrected chi connectivity index (χ3v) is 5.72. The number of carbonyl (C=O) groups is 2. The maximum Gasteiger partial charge on any atom is 0.242 e. The molecule has 9 nitrogen and oxygen atoms in total. The molecule has 0 aromatic carbocycles. The van der Waals surface area contributed by atoms with Crippen LogP contribution in [-0.2, 0) is 14.3 Å². The molecule has 2 aliphatic rings. The molecular weight excluding hydrogens is 392 g/mol. The molecular formula is C19H24N6O3S. The van der Waals surface area contributed by atoms with Gasteiger partial charge >= 0.3 is 0 Å². The van der Waals surface area contributed by atoms with E-state index in [1.165, 1.54) is 11.3 Å². The van der Waals surface area contributed by atoms with Crippen molar-refractivity contribution in [2.45, 2.75) is 31.8 Å². The number of hydrogen-bond acceptors (Lipinski definition) is 8. The van der Waals surface area contributed by atoms with Crippen molar-refractivity contribution in [3.05, 3.63) is 29.4 Å². The minimum atomic E-state index is -0.302. The van der Waals surface area contributed by atoms with Crippen molar-refractivity contribution in [2.75, 3.05) is 38.1 Å². The molecule has 0 spiro atoms. The van der Waals surface area contributed by atoms with Crippen LogP contribution in [0.25, 0.3) is 0 Å². The highest BCUT2D eigenvalue weighted by Gasteiger charge is 2.28. The van der Waals surface area contributed by atoms with Crippen molar-refractivity contribution in [1.82, 2.24) is 25.0 Å². The Morgan fingerprint density at radius 3 is 3.07 bits per heavy atom. The van der Waals surface area contributed by atoms with Crippen molar-refractivity contribution in [2.24, 2.45) is 0 Å². The van der Waals surface area contributed by atoms with E-state index in [-0.39, 0.29) is 24.5 Å². The summed E-state index contributed by atoms with van der Waals surface area (Å²) < 4.78 is 5.88. The van der Waals surface area contributed by atoms with E-state index in [0.29, 0.717) is 43.6 Å². The number of pyridine rings is 1. The number of likely N-dealkylation sites (tertiary alicyclic amines) is 1. The summed E-state index contributed by atoms with van der Waals surface area (Å²) in [5, 5.41) is 11.5. The van der Waals surface area contributed by atoms with E-state index in [0.717, 1.165) is 25.0 Å². The fourth-order valence-electron chi connectivity index (χ4n) is 3.56. The summed E-state index contributed by atoms with van der Waals surface area (Å²) in [6.45, 7) is 2.22. The Kier molecular flexibility index (Phi) is 6.30. The van der Waals surface area contributed by atoms with Gasteiger partial charge in [0, 0.05) is 19.5 Å². The Labute approximate surface area is 173 Å². The molecule has 2 aromatic rings. The maximum atomic E-state index is 12.8. The van der Waals surface area contributed by atoms with Crippen molar-refractivity contribution in [1.29, 1.82) is 0 Å². The lowest BCUT2D eigenvalue weighted by Crippen LogP contribution is -2.47. The number of rotatable bonds is 5. The lowest BCUT2D eigenvalue weighted by Gasteiger charge is -2.34. The molecule has 29 heavy (non-hydrogen) atoms. The first kappa shape index (κ1) is 19.7. The molecule has 2 aliphatic heterocycles. The number of carbonyl (C=O) groups excluding carboxylic acids is 2. The molecule has 4 rings (SSSR count). The number of amides is 2. The summed E-state index contributed by atoms with van der Waals surface area (Å²) in [5.74, 6) is 0.705. The molecule has 2 aromatic heterocycles. The lowest BCUT2D eigenvalue weighted by atomic mass is 10.2. The summed E-state index contributed by atoms with van der Waals surface area (Å²) in [6.07, 6.45) is 3.16. The third kappa shape index (κ3) is 5.07. The van der Waals surface area contributed by atoms with Gasteiger partial charge in [0.05, 0.1) is 25.4 Å². The fraction of sp³-hybridized carbons (Fsp3) is 0.526. The Balaban J connectivity index is 1.39. The van der Waals surface area contributed by atoms with Crippen LogP contribution in [0.5, 0.6) is 0 Å². The molecule has 4 heterocycles. The number of hydrogen-bond donors (Lipinski definition) is 1. The molecule has 0 saturated carbocycles. The highest BCUT2D eigenvalue weighted by Crippen LogP contribution is 2.24. The van der Waals surface area contributed by atoms with Crippen LogP contribution < -0.4 is 5.32 Å². The van der Waals surface area contributed by atoms with Gasteiger partial charge in [-0.3, -0.25) is 9.59 Å². The van der Waals surface area contributed by atoms with Crippen LogP contribution in [0.3, 0.4) is 0 Å². The molecule has 2 amide bonds. The number of nitrogens with zero attached hydrogens (tertiary/aromatic N) is 5. The van der Waals surface area contributed by atoms with Gasteiger partial charge in [-0.1, -0.05) is 23.8 Å². The van der Waals surface area contributed by atoms with Crippen LogP contribution in [-0.4, -0.2) is 69.6 Å². The second-order valence-corrected chi connectivity index (χ2v) is 7.97. The number of morpholine rings is 1. The van der Waals surface area contributed by atoms with Gasteiger partial charge in [-0.15, -0.1) is 10.2 Å². The number of anilines is 2. The molecule has 0 bridgehead atoms. The van der Waals surface area contributed by atoms with Gasteiger partial charge in [-0.05, 0) is 25.0 Å². The second kappa shape index (κ2) is 9.27. The zero-order valence-corrected chi connectivity index (χ0v) is 16.9. The largest absolute Gasteiger partial charge is 0.368 e. The highest BCUT2D eigenvalue weighted by molar-refractivity contribution is 7.13. The first-order chi connectivity index (χ1) is 14.2. The normalized spacial score (nSPS) is 20.4. The van der Waals surface area contributed by atoms with Crippen LogP contribution in [0.2, 0.25) is 0 Å². The molecule has 0 unspecified atom stereocenters. The Hall–Kier alpha value is -2.59. The van der Waals surface area contributed by atoms with Crippen LogP contribution in [0.15, 0.2) is 23.7 Å². The predicted octanol–water partition coefficient (Wildman–Crippen LogP) is 1.98. The summed E-state index contributed by atoms with van der Waals surface area (Å²) in [5.41, 5.74) is 2.40. The molecule has 0 radical (unpaired) electrons. The average Bonchev–Trinajstić information content (AvgIpc) is 3.17. The van der Waals surface area contributed by atoms with Crippen LogP contribution >= 0.6 is 11.3 Å². The monoisotopic (exact) mass is 416 g/mol. The van der Waals surface area contributed by atoms with E-state index in [1.807, 2.05) is 18.2 Å². The number of ether oxygens (including phenoxy) is 1. The molecule has 10 heteroatoms. The zero-order chi connectivity index (χ0) is 20.1. The predicted molar refractivity (Wildman–Crippen MR) is 108 cm³/mol. The molecule has 154 valence electrons. The van der Waals surface area contributed by atoms with Crippen LogP contribution in [0, 0.1) is 0 Å². The Morgan fingerprint density at radius 1 is 1.28 bits per heavy atom. The molecule has 1 N–H and O–H groups in total.